The van der Waals surface area contributed by atoms with Crippen LogP contribution in [0.5, 0.6) is 0 Å². The molecule has 0 spiro atoms. The summed E-state index contributed by atoms with van der Waals surface area (Å²) in [5.74, 6) is -0.230. The molecule has 0 heterocycles. The molecule has 4 nitrogen and oxygen atoms in total. The van der Waals surface area contributed by atoms with Gasteiger partial charge in [-0.25, -0.2) is 0 Å². The summed E-state index contributed by atoms with van der Waals surface area (Å²) in [5, 5.41) is 10.6. The highest BCUT2D eigenvalue weighted by Gasteiger charge is 2.12. The average molecular weight is 306 g/mol. The molecular formula is C13H8BrNO3. The number of carbonyl (C=O) groups excluding carboxylic acids is 1. The van der Waals surface area contributed by atoms with Crippen molar-refractivity contribution < 1.29 is 9.72 Å². The lowest BCUT2D eigenvalue weighted by atomic mass is 10.0. The van der Waals surface area contributed by atoms with Crippen LogP contribution >= 0.6 is 15.9 Å². The van der Waals surface area contributed by atoms with E-state index >= 15 is 0 Å². The number of benzene rings is 2. The van der Waals surface area contributed by atoms with Crippen LogP contribution < -0.4 is 0 Å². The van der Waals surface area contributed by atoms with Gasteiger partial charge in [0.15, 0.2) is 5.78 Å². The first-order chi connectivity index (χ1) is 8.58. The lowest BCUT2D eigenvalue weighted by Crippen LogP contribution is -2.01. The number of carbonyl (C=O) groups is 1. The normalized spacial score (nSPS) is 10.1. The molecule has 0 amide bonds. The van der Waals surface area contributed by atoms with Gasteiger partial charge in [-0.15, -0.1) is 0 Å². The number of nitrogens with zero attached hydrogens (tertiary/aromatic N) is 1. The third-order valence-electron chi connectivity index (χ3n) is 2.43. The van der Waals surface area contributed by atoms with Crippen molar-refractivity contribution in [1.29, 1.82) is 0 Å². The predicted octanol–water partition coefficient (Wildman–Crippen LogP) is 3.59. The van der Waals surface area contributed by atoms with Crippen molar-refractivity contribution in [3.63, 3.8) is 0 Å². The standard InChI is InChI=1S/C13H8BrNO3/c14-11-6-4-9(5-7-11)13(16)10-2-1-3-12(8-10)15(17)18/h1-8H. The van der Waals surface area contributed by atoms with Crippen LogP contribution in [0.3, 0.4) is 0 Å². The number of rotatable bonds is 3. The van der Waals surface area contributed by atoms with E-state index in [1.54, 1.807) is 30.3 Å². The maximum atomic E-state index is 12.1. The Bertz CT molecular complexity index is 608. The van der Waals surface area contributed by atoms with E-state index in [-0.39, 0.29) is 11.5 Å². The van der Waals surface area contributed by atoms with Gasteiger partial charge in [-0.05, 0) is 24.3 Å². The van der Waals surface area contributed by atoms with Crippen molar-refractivity contribution >= 4 is 27.4 Å². The Labute approximate surface area is 112 Å². The minimum absolute atomic E-state index is 0.0852. The molecule has 2 aromatic carbocycles. The van der Waals surface area contributed by atoms with E-state index in [0.29, 0.717) is 11.1 Å². The average Bonchev–Trinajstić information content (AvgIpc) is 2.39. The van der Waals surface area contributed by atoms with Crippen LogP contribution in [0.25, 0.3) is 0 Å². The van der Waals surface area contributed by atoms with Gasteiger partial charge >= 0.3 is 0 Å². The van der Waals surface area contributed by atoms with E-state index in [0.717, 1.165) is 4.47 Å². The molecule has 0 aliphatic heterocycles. The molecule has 0 aliphatic rings. The van der Waals surface area contributed by atoms with Crippen LogP contribution in [0, 0.1) is 10.1 Å². The zero-order valence-electron chi connectivity index (χ0n) is 9.17. The van der Waals surface area contributed by atoms with E-state index in [1.807, 2.05) is 0 Å². The van der Waals surface area contributed by atoms with Gasteiger partial charge in [-0.2, -0.15) is 0 Å². The minimum Gasteiger partial charge on any atom is -0.289 e. The number of non-ortho nitro benzene ring substituents is 1. The summed E-state index contributed by atoms with van der Waals surface area (Å²) in [7, 11) is 0. The SMILES string of the molecule is O=C(c1ccc(Br)cc1)c1cccc([N+](=O)[O-])c1. The molecule has 0 fully saturated rings. The molecule has 0 N–H and O–H groups in total. The molecule has 0 atom stereocenters. The van der Waals surface area contributed by atoms with Gasteiger partial charge in [0.2, 0.25) is 0 Å². The van der Waals surface area contributed by atoms with E-state index in [9.17, 15) is 14.9 Å². The number of nitro benzene ring substituents is 1. The largest absolute Gasteiger partial charge is 0.289 e. The van der Waals surface area contributed by atoms with E-state index in [2.05, 4.69) is 15.9 Å². The smallest absolute Gasteiger partial charge is 0.270 e. The molecule has 0 saturated heterocycles. The highest BCUT2D eigenvalue weighted by molar-refractivity contribution is 9.10. The maximum Gasteiger partial charge on any atom is 0.270 e. The first-order valence-electron chi connectivity index (χ1n) is 5.12. The summed E-state index contributed by atoms with van der Waals surface area (Å²) < 4.78 is 0.873. The molecule has 0 radical (unpaired) electrons. The fourth-order valence-corrected chi connectivity index (χ4v) is 1.79. The molecular weight excluding hydrogens is 298 g/mol. The van der Waals surface area contributed by atoms with Crippen LogP contribution in [0.4, 0.5) is 5.69 Å². The molecule has 0 aliphatic carbocycles. The second-order valence-corrected chi connectivity index (χ2v) is 4.56. The Morgan fingerprint density at radius 3 is 2.33 bits per heavy atom. The molecule has 18 heavy (non-hydrogen) atoms. The van der Waals surface area contributed by atoms with Crippen LogP contribution in [0.2, 0.25) is 0 Å². The number of hydrogen-bond acceptors (Lipinski definition) is 3. The van der Waals surface area contributed by atoms with Crippen LogP contribution in [-0.4, -0.2) is 10.7 Å². The molecule has 0 aromatic heterocycles. The van der Waals surface area contributed by atoms with Gasteiger partial charge in [0, 0.05) is 27.7 Å². The summed E-state index contributed by atoms with van der Waals surface area (Å²) in [5.41, 5.74) is 0.725. The fourth-order valence-electron chi connectivity index (χ4n) is 1.53. The molecule has 5 heteroatoms. The second kappa shape index (κ2) is 5.10. The van der Waals surface area contributed by atoms with Gasteiger partial charge < -0.3 is 0 Å². The van der Waals surface area contributed by atoms with Crippen molar-refractivity contribution in [3.05, 3.63) is 74.2 Å². The van der Waals surface area contributed by atoms with Gasteiger partial charge in [0.25, 0.3) is 5.69 Å². The van der Waals surface area contributed by atoms with Crippen LogP contribution in [0.1, 0.15) is 15.9 Å². The Hall–Kier alpha value is -2.01. The summed E-state index contributed by atoms with van der Waals surface area (Å²) in [6.07, 6.45) is 0. The fraction of sp³-hybridized carbons (Fsp3) is 0. The van der Waals surface area contributed by atoms with Gasteiger partial charge in [0.05, 0.1) is 4.92 Å². The Morgan fingerprint density at radius 2 is 1.72 bits per heavy atom. The second-order valence-electron chi connectivity index (χ2n) is 3.64. The van der Waals surface area contributed by atoms with Crippen molar-refractivity contribution in [2.75, 3.05) is 0 Å². The molecule has 2 aromatic rings. The first-order valence-corrected chi connectivity index (χ1v) is 5.92. The highest BCUT2D eigenvalue weighted by Crippen LogP contribution is 2.18. The zero-order chi connectivity index (χ0) is 13.1. The van der Waals surface area contributed by atoms with E-state index in [1.165, 1.54) is 18.2 Å². The number of halogens is 1. The van der Waals surface area contributed by atoms with Crippen LogP contribution in [0.15, 0.2) is 53.0 Å². The first kappa shape index (κ1) is 12.4. The molecule has 90 valence electrons. The maximum absolute atomic E-state index is 12.1. The Kier molecular flexibility index (Phi) is 3.53. The van der Waals surface area contributed by atoms with Crippen molar-refractivity contribution in [2.24, 2.45) is 0 Å². The van der Waals surface area contributed by atoms with Gasteiger partial charge in [-0.3, -0.25) is 14.9 Å². The van der Waals surface area contributed by atoms with Crippen molar-refractivity contribution in [3.8, 4) is 0 Å². The summed E-state index contributed by atoms with van der Waals surface area (Å²) in [6, 6.07) is 12.6. The number of hydrogen-bond donors (Lipinski definition) is 0. The highest BCUT2D eigenvalue weighted by atomic mass is 79.9. The van der Waals surface area contributed by atoms with E-state index in [4.69, 9.17) is 0 Å². The quantitative estimate of drug-likeness (QED) is 0.494. The molecule has 2 rings (SSSR count). The zero-order valence-corrected chi connectivity index (χ0v) is 10.8. The van der Waals surface area contributed by atoms with Crippen molar-refractivity contribution in [1.82, 2.24) is 0 Å². The van der Waals surface area contributed by atoms with Gasteiger partial charge in [-0.1, -0.05) is 28.1 Å². The Morgan fingerprint density at radius 1 is 1.06 bits per heavy atom. The molecule has 0 saturated carbocycles. The van der Waals surface area contributed by atoms with Crippen LogP contribution in [-0.2, 0) is 0 Å². The Balaban J connectivity index is 2.37. The summed E-state index contributed by atoms with van der Waals surface area (Å²) >= 11 is 3.28. The van der Waals surface area contributed by atoms with Crippen molar-refractivity contribution in [2.45, 2.75) is 0 Å². The topological polar surface area (TPSA) is 60.2 Å². The predicted molar refractivity (Wildman–Crippen MR) is 70.7 cm³/mol. The summed E-state index contributed by atoms with van der Waals surface area (Å²) in [4.78, 5) is 22.2. The lowest BCUT2D eigenvalue weighted by Gasteiger charge is -2.01. The number of ketones is 1. The number of nitro groups is 1. The third-order valence-corrected chi connectivity index (χ3v) is 2.95. The van der Waals surface area contributed by atoms with Gasteiger partial charge in [0.1, 0.15) is 0 Å². The molecule has 0 bridgehead atoms. The summed E-state index contributed by atoms with van der Waals surface area (Å²) in [6.45, 7) is 0. The van der Waals surface area contributed by atoms with E-state index < -0.39 is 4.92 Å². The monoisotopic (exact) mass is 305 g/mol. The minimum atomic E-state index is -0.516. The molecule has 0 unspecified atom stereocenters. The third kappa shape index (κ3) is 2.62. The lowest BCUT2D eigenvalue weighted by molar-refractivity contribution is -0.384.